The quantitative estimate of drug-likeness (QED) is 0.908. The van der Waals surface area contributed by atoms with Crippen LogP contribution in [0.25, 0.3) is 0 Å². The van der Waals surface area contributed by atoms with Gasteiger partial charge in [0.1, 0.15) is 17.2 Å². The van der Waals surface area contributed by atoms with Gasteiger partial charge in [-0.1, -0.05) is 24.3 Å². The van der Waals surface area contributed by atoms with Crippen molar-refractivity contribution in [3.8, 4) is 11.5 Å². The van der Waals surface area contributed by atoms with E-state index in [4.69, 9.17) is 9.47 Å². The monoisotopic (exact) mass is 312 g/mol. The zero-order valence-electron chi connectivity index (χ0n) is 12.6. The predicted molar refractivity (Wildman–Crippen MR) is 85.9 cm³/mol. The van der Waals surface area contributed by atoms with Gasteiger partial charge < -0.3 is 20.1 Å². The van der Waals surface area contributed by atoms with Crippen molar-refractivity contribution in [2.45, 2.75) is 6.92 Å². The first-order valence-electron chi connectivity index (χ1n) is 7.17. The first-order chi connectivity index (χ1) is 11.1. The van der Waals surface area contributed by atoms with Gasteiger partial charge in [0.05, 0.1) is 5.69 Å². The number of aryl methyl sites for hydroxylation is 1. The Morgan fingerprint density at radius 2 is 2.09 bits per heavy atom. The molecule has 6 nitrogen and oxygen atoms in total. The van der Waals surface area contributed by atoms with Gasteiger partial charge in [-0.3, -0.25) is 9.59 Å². The number of carbonyl (C=O) groups excluding carboxylic acids is 2. The third kappa shape index (κ3) is 3.42. The van der Waals surface area contributed by atoms with E-state index in [0.717, 1.165) is 5.56 Å². The van der Waals surface area contributed by atoms with Crippen LogP contribution in [0.1, 0.15) is 5.56 Å². The Morgan fingerprint density at radius 3 is 2.91 bits per heavy atom. The maximum Gasteiger partial charge on any atom is 0.262 e. The highest BCUT2D eigenvalue weighted by molar-refractivity contribution is 6.03. The van der Waals surface area contributed by atoms with Crippen LogP contribution in [0.2, 0.25) is 0 Å². The molecule has 2 N–H and O–H groups in total. The Kier molecular flexibility index (Phi) is 4.14. The molecule has 0 saturated carbocycles. The number of nitrogens with one attached hydrogen (secondary N) is 2. The summed E-state index contributed by atoms with van der Waals surface area (Å²) in [6.45, 7) is 1.76. The SMILES string of the molecule is Cc1ccccc1OCC(=O)Nc1cccc2c1NC(=O)CO2. The van der Waals surface area contributed by atoms with E-state index in [1.807, 2.05) is 25.1 Å². The highest BCUT2D eigenvalue weighted by atomic mass is 16.5. The fourth-order valence-corrected chi connectivity index (χ4v) is 2.25. The molecular formula is C17H16N2O4. The number of hydrogen-bond donors (Lipinski definition) is 2. The van der Waals surface area contributed by atoms with Gasteiger partial charge in [-0.15, -0.1) is 0 Å². The molecule has 2 aromatic rings. The third-order valence-corrected chi connectivity index (χ3v) is 3.38. The van der Waals surface area contributed by atoms with Crippen LogP contribution in [-0.4, -0.2) is 25.0 Å². The zero-order valence-corrected chi connectivity index (χ0v) is 12.6. The van der Waals surface area contributed by atoms with Gasteiger partial charge in [-0.25, -0.2) is 0 Å². The minimum absolute atomic E-state index is 0.0270. The highest BCUT2D eigenvalue weighted by Crippen LogP contribution is 2.34. The van der Waals surface area contributed by atoms with Gasteiger partial charge >= 0.3 is 0 Å². The second kappa shape index (κ2) is 6.39. The molecule has 2 aromatic carbocycles. The summed E-state index contributed by atoms with van der Waals surface area (Å²) in [5, 5.41) is 5.42. The van der Waals surface area contributed by atoms with Crippen molar-refractivity contribution >= 4 is 23.2 Å². The molecule has 1 heterocycles. The summed E-state index contributed by atoms with van der Waals surface area (Å²) >= 11 is 0. The zero-order chi connectivity index (χ0) is 16.2. The minimum atomic E-state index is -0.318. The Bertz CT molecular complexity index is 758. The number of benzene rings is 2. The Morgan fingerprint density at radius 1 is 1.26 bits per heavy atom. The molecule has 1 aliphatic heterocycles. The third-order valence-electron chi connectivity index (χ3n) is 3.38. The Balaban J connectivity index is 1.67. The van der Waals surface area contributed by atoms with E-state index in [0.29, 0.717) is 22.9 Å². The van der Waals surface area contributed by atoms with Crippen LogP contribution >= 0.6 is 0 Å². The molecule has 23 heavy (non-hydrogen) atoms. The molecule has 3 rings (SSSR count). The van der Waals surface area contributed by atoms with Crippen LogP contribution in [0.3, 0.4) is 0 Å². The van der Waals surface area contributed by atoms with Crippen LogP contribution in [0.15, 0.2) is 42.5 Å². The van der Waals surface area contributed by atoms with E-state index in [9.17, 15) is 9.59 Å². The predicted octanol–water partition coefficient (Wildman–Crippen LogP) is 2.34. The fourth-order valence-electron chi connectivity index (χ4n) is 2.25. The number of anilines is 2. The smallest absolute Gasteiger partial charge is 0.262 e. The number of para-hydroxylation sites is 2. The van der Waals surface area contributed by atoms with E-state index in [1.165, 1.54) is 0 Å². The van der Waals surface area contributed by atoms with Crippen LogP contribution in [-0.2, 0) is 9.59 Å². The van der Waals surface area contributed by atoms with Crippen molar-refractivity contribution in [1.29, 1.82) is 0 Å². The van der Waals surface area contributed by atoms with Gasteiger partial charge in [-0.05, 0) is 30.7 Å². The summed E-state index contributed by atoms with van der Waals surface area (Å²) in [6.07, 6.45) is 0. The largest absolute Gasteiger partial charge is 0.483 e. The Hall–Kier alpha value is -3.02. The molecule has 2 amide bonds. The van der Waals surface area contributed by atoms with Crippen LogP contribution < -0.4 is 20.1 Å². The lowest BCUT2D eigenvalue weighted by molar-refractivity contribution is -0.119. The number of fused-ring (bicyclic) bond motifs is 1. The van der Waals surface area contributed by atoms with Crippen molar-refractivity contribution in [2.75, 3.05) is 23.8 Å². The average Bonchev–Trinajstić information content (AvgIpc) is 2.55. The number of amides is 2. The number of hydrogen-bond acceptors (Lipinski definition) is 4. The molecule has 0 atom stereocenters. The van der Waals surface area contributed by atoms with Crippen molar-refractivity contribution in [3.63, 3.8) is 0 Å². The first-order valence-corrected chi connectivity index (χ1v) is 7.17. The molecule has 118 valence electrons. The van der Waals surface area contributed by atoms with Crippen molar-refractivity contribution in [3.05, 3.63) is 48.0 Å². The van der Waals surface area contributed by atoms with E-state index >= 15 is 0 Å². The van der Waals surface area contributed by atoms with E-state index in [2.05, 4.69) is 10.6 Å². The second-order valence-electron chi connectivity index (χ2n) is 5.12. The maximum absolute atomic E-state index is 12.1. The molecular weight excluding hydrogens is 296 g/mol. The van der Waals surface area contributed by atoms with Gasteiger partial charge in [0.25, 0.3) is 11.8 Å². The van der Waals surface area contributed by atoms with Crippen molar-refractivity contribution in [1.82, 2.24) is 0 Å². The van der Waals surface area contributed by atoms with Gasteiger partial charge in [0.2, 0.25) is 0 Å². The number of carbonyl (C=O) groups is 2. The summed E-state index contributed by atoms with van der Waals surface area (Å²) < 4.78 is 10.8. The molecule has 0 bridgehead atoms. The molecule has 1 aliphatic rings. The lowest BCUT2D eigenvalue weighted by Crippen LogP contribution is -2.27. The van der Waals surface area contributed by atoms with Crippen LogP contribution in [0.5, 0.6) is 11.5 Å². The van der Waals surface area contributed by atoms with Crippen molar-refractivity contribution in [2.24, 2.45) is 0 Å². The summed E-state index contributed by atoms with van der Waals surface area (Å²) in [6, 6.07) is 12.6. The van der Waals surface area contributed by atoms with Crippen molar-refractivity contribution < 1.29 is 19.1 Å². The maximum atomic E-state index is 12.1. The van der Waals surface area contributed by atoms with Gasteiger partial charge in [0.15, 0.2) is 13.2 Å². The second-order valence-corrected chi connectivity index (χ2v) is 5.12. The van der Waals surface area contributed by atoms with E-state index in [1.54, 1.807) is 24.3 Å². The summed E-state index contributed by atoms with van der Waals surface area (Å²) in [5.41, 5.74) is 1.90. The van der Waals surface area contributed by atoms with Gasteiger partial charge in [0, 0.05) is 0 Å². The van der Waals surface area contributed by atoms with E-state index < -0.39 is 0 Å². The minimum Gasteiger partial charge on any atom is -0.483 e. The van der Waals surface area contributed by atoms with Crippen LogP contribution in [0.4, 0.5) is 11.4 Å². The summed E-state index contributed by atoms with van der Waals surface area (Å²) in [7, 11) is 0. The number of ether oxygens (including phenoxy) is 2. The first kappa shape index (κ1) is 14.9. The molecule has 0 spiro atoms. The number of rotatable bonds is 4. The summed E-state index contributed by atoms with van der Waals surface area (Å²) in [4.78, 5) is 23.5. The van der Waals surface area contributed by atoms with E-state index in [-0.39, 0.29) is 25.0 Å². The Labute approximate surface area is 133 Å². The summed E-state index contributed by atoms with van der Waals surface area (Å²) in [5.74, 6) is 0.619. The standard InChI is InChI=1S/C17H16N2O4/c1-11-5-2-3-7-13(11)22-9-15(20)18-12-6-4-8-14-17(12)19-16(21)10-23-14/h2-8H,9-10H2,1H3,(H,18,20)(H,19,21). The average molecular weight is 312 g/mol. The lowest BCUT2D eigenvalue weighted by Gasteiger charge is -2.20. The molecule has 0 unspecified atom stereocenters. The normalized spacial score (nSPS) is 12.7. The van der Waals surface area contributed by atoms with Gasteiger partial charge in [-0.2, -0.15) is 0 Å². The topological polar surface area (TPSA) is 76.7 Å². The van der Waals surface area contributed by atoms with Crippen LogP contribution in [0, 0.1) is 6.92 Å². The molecule has 6 heteroatoms. The molecule has 0 aliphatic carbocycles. The fraction of sp³-hybridized carbons (Fsp3) is 0.176. The molecule has 0 saturated heterocycles. The highest BCUT2D eigenvalue weighted by Gasteiger charge is 2.20. The molecule has 0 aromatic heterocycles. The lowest BCUT2D eigenvalue weighted by atomic mass is 10.2. The molecule has 0 radical (unpaired) electrons. The molecule has 0 fully saturated rings.